The number of likely N-dealkylation sites (N-methyl/N-ethyl adjacent to an activating group) is 1. The molecule has 1 aromatic heterocycles. The largest absolute Gasteiger partial charge is 0.337 e. The van der Waals surface area contributed by atoms with Crippen molar-refractivity contribution in [3.05, 3.63) is 24.3 Å². The minimum atomic E-state index is 0.00398. The summed E-state index contributed by atoms with van der Waals surface area (Å²) in [5.41, 5.74) is 0. The van der Waals surface area contributed by atoms with Crippen LogP contribution < -0.4 is 5.32 Å². The third kappa shape index (κ3) is 3.82. The van der Waals surface area contributed by atoms with Gasteiger partial charge in [-0.3, -0.25) is 9.89 Å². The maximum Gasteiger partial charge on any atom is 0.236 e. The maximum atomic E-state index is 11.6. The van der Waals surface area contributed by atoms with Crippen molar-refractivity contribution in [2.75, 3.05) is 20.1 Å². The Kier molecular flexibility index (Phi) is 4.65. The van der Waals surface area contributed by atoms with Crippen LogP contribution in [0.5, 0.6) is 0 Å². The average molecular weight is 223 g/mol. The lowest BCUT2D eigenvalue weighted by molar-refractivity contribution is -0.129. The molecule has 1 heterocycles. The summed E-state index contributed by atoms with van der Waals surface area (Å²) < 4.78 is 0. The molecule has 1 rings (SSSR count). The molecule has 2 N–H and O–H groups in total. The molecule has 0 aliphatic rings. The fourth-order valence-electron chi connectivity index (χ4n) is 1.18. The summed E-state index contributed by atoms with van der Waals surface area (Å²) in [5.74, 6) is 1.38. The van der Waals surface area contributed by atoms with Crippen molar-refractivity contribution in [1.29, 1.82) is 0 Å². The highest BCUT2D eigenvalue weighted by Crippen LogP contribution is 1.96. The zero-order valence-electron chi connectivity index (χ0n) is 9.66. The molecule has 0 fully saturated rings. The average Bonchev–Trinajstić information content (AvgIpc) is 2.64. The molecule has 0 saturated heterocycles. The molecule has 0 aliphatic carbocycles. The van der Waals surface area contributed by atoms with Gasteiger partial charge in [-0.2, -0.15) is 5.10 Å². The predicted molar refractivity (Wildman–Crippen MR) is 60.7 cm³/mol. The van der Waals surface area contributed by atoms with Crippen LogP contribution in [0.3, 0.4) is 0 Å². The van der Waals surface area contributed by atoms with E-state index in [-0.39, 0.29) is 5.91 Å². The van der Waals surface area contributed by atoms with Crippen LogP contribution in [-0.4, -0.2) is 46.1 Å². The van der Waals surface area contributed by atoms with Crippen molar-refractivity contribution in [2.24, 2.45) is 0 Å². The Morgan fingerprint density at radius 1 is 1.69 bits per heavy atom. The van der Waals surface area contributed by atoms with Gasteiger partial charge in [0.1, 0.15) is 5.82 Å². The van der Waals surface area contributed by atoms with Crippen LogP contribution in [0.2, 0.25) is 0 Å². The molecule has 6 nitrogen and oxygen atoms in total. The summed E-state index contributed by atoms with van der Waals surface area (Å²) in [5, 5.41) is 9.65. The Morgan fingerprint density at radius 2 is 2.44 bits per heavy atom. The fourth-order valence-corrected chi connectivity index (χ4v) is 1.18. The lowest BCUT2D eigenvalue weighted by Crippen LogP contribution is -2.35. The number of aromatic nitrogens is 3. The molecule has 16 heavy (non-hydrogen) atoms. The highest BCUT2D eigenvalue weighted by molar-refractivity contribution is 5.77. The number of H-pyrrole nitrogens is 1. The number of nitrogens with one attached hydrogen (secondary N) is 2. The Morgan fingerprint density at radius 3 is 3.00 bits per heavy atom. The van der Waals surface area contributed by atoms with Gasteiger partial charge in [0.15, 0.2) is 5.82 Å². The van der Waals surface area contributed by atoms with E-state index in [1.54, 1.807) is 18.0 Å². The molecule has 1 aromatic rings. The van der Waals surface area contributed by atoms with Gasteiger partial charge in [-0.1, -0.05) is 6.08 Å². The second kappa shape index (κ2) is 6.02. The van der Waals surface area contributed by atoms with Crippen LogP contribution in [0, 0.1) is 6.92 Å². The quantitative estimate of drug-likeness (QED) is 0.519. The number of carbonyl (C=O) groups excluding carboxylic acids is 1. The number of nitrogens with zero attached hydrogens (tertiary/aromatic N) is 3. The van der Waals surface area contributed by atoms with E-state index in [0.717, 1.165) is 5.82 Å². The first-order chi connectivity index (χ1) is 7.63. The number of rotatable bonds is 6. The summed E-state index contributed by atoms with van der Waals surface area (Å²) in [6.45, 7) is 6.72. The first kappa shape index (κ1) is 12.4. The lowest BCUT2D eigenvalue weighted by atomic mass is 10.4. The van der Waals surface area contributed by atoms with Crippen molar-refractivity contribution in [2.45, 2.75) is 13.5 Å². The van der Waals surface area contributed by atoms with Crippen molar-refractivity contribution < 1.29 is 4.79 Å². The second-order valence-electron chi connectivity index (χ2n) is 3.51. The topological polar surface area (TPSA) is 73.9 Å². The highest BCUT2D eigenvalue weighted by Gasteiger charge is 2.10. The van der Waals surface area contributed by atoms with Crippen molar-refractivity contribution in [1.82, 2.24) is 25.4 Å². The van der Waals surface area contributed by atoms with Gasteiger partial charge in [0.05, 0.1) is 13.1 Å². The second-order valence-corrected chi connectivity index (χ2v) is 3.51. The molecule has 6 heteroatoms. The van der Waals surface area contributed by atoms with E-state index in [1.807, 2.05) is 6.92 Å². The highest BCUT2D eigenvalue weighted by atomic mass is 16.2. The molecule has 88 valence electrons. The lowest BCUT2D eigenvalue weighted by Gasteiger charge is -2.15. The van der Waals surface area contributed by atoms with Crippen molar-refractivity contribution in [3.8, 4) is 0 Å². The fraction of sp³-hybridized carbons (Fsp3) is 0.500. The van der Waals surface area contributed by atoms with Crippen molar-refractivity contribution in [3.63, 3.8) is 0 Å². The van der Waals surface area contributed by atoms with Crippen LogP contribution in [0.4, 0.5) is 0 Å². The number of hydrogen-bond acceptors (Lipinski definition) is 4. The van der Waals surface area contributed by atoms with Gasteiger partial charge in [0.25, 0.3) is 0 Å². The first-order valence-corrected chi connectivity index (χ1v) is 5.07. The number of carbonyl (C=O) groups is 1. The van der Waals surface area contributed by atoms with E-state index in [1.165, 1.54) is 0 Å². The van der Waals surface area contributed by atoms with Crippen LogP contribution >= 0.6 is 0 Å². The Hall–Kier alpha value is -1.69. The van der Waals surface area contributed by atoms with E-state index in [2.05, 4.69) is 27.1 Å². The summed E-state index contributed by atoms with van der Waals surface area (Å²) >= 11 is 0. The molecule has 0 atom stereocenters. The summed E-state index contributed by atoms with van der Waals surface area (Å²) in [6.07, 6.45) is 1.71. The van der Waals surface area contributed by atoms with Gasteiger partial charge in [0.2, 0.25) is 5.91 Å². The zero-order valence-corrected chi connectivity index (χ0v) is 9.66. The van der Waals surface area contributed by atoms with Gasteiger partial charge in [0, 0.05) is 13.6 Å². The zero-order chi connectivity index (χ0) is 12.0. The smallest absolute Gasteiger partial charge is 0.236 e. The van der Waals surface area contributed by atoms with E-state index in [9.17, 15) is 4.79 Å². The predicted octanol–water partition coefficient (Wildman–Crippen LogP) is -0.153. The number of hydrogen-bond donors (Lipinski definition) is 2. The minimum Gasteiger partial charge on any atom is -0.337 e. The van der Waals surface area contributed by atoms with Gasteiger partial charge >= 0.3 is 0 Å². The molecule has 0 spiro atoms. The third-order valence-corrected chi connectivity index (χ3v) is 2.01. The van der Waals surface area contributed by atoms with Gasteiger partial charge < -0.3 is 10.2 Å². The van der Waals surface area contributed by atoms with Crippen LogP contribution in [-0.2, 0) is 11.3 Å². The molecule has 1 amide bonds. The SMILES string of the molecule is C=CCNCC(=O)N(C)Cc1n[nH]c(C)n1. The normalized spacial score (nSPS) is 10.1. The third-order valence-electron chi connectivity index (χ3n) is 2.01. The Balaban J connectivity index is 2.36. The first-order valence-electron chi connectivity index (χ1n) is 5.07. The maximum absolute atomic E-state index is 11.6. The number of aromatic amines is 1. The van der Waals surface area contributed by atoms with Crippen LogP contribution in [0.25, 0.3) is 0 Å². The molecule has 0 radical (unpaired) electrons. The van der Waals surface area contributed by atoms with Crippen LogP contribution in [0.1, 0.15) is 11.6 Å². The van der Waals surface area contributed by atoms with Crippen LogP contribution in [0.15, 0.2) is 12.7 Å². The minimum absolute atomic E-state index is 0.00398. The Labute approximate surface area is 94.7 Å². The molecular weight excluding hydrogens is 206 g/mol. The summed E-state index contributed by atoms with van der Waals surface area (Å²) in [7, 11) is 1.73. The van der Waals surface area contributed by atoms with Gasteiger partial charge in [-0.25, -0.2) is 4.98 Å². The van der Waals surface area contributed by atoms with E-state index >= 15 is 0 Å². The van der Waals surface area contributed by atoms with E-state index < -0.39 is 0 Å². The molecule has 0 saturated carbocycles. The van der Waals surface area contributed by atoms with Gasteiger partial charge in [-0.15, -0.1) is 6.58 Å². The number of aryl methyl sites for hydroxylation is 1. The van der Waals surface area contributed by atoms with E-state index in [4.69, 9.17) is 0 Å². The molecular formula is C10H17N5O. The molecule has 0 bridgehead atoms. The number of amides is 1. The molecule has 0 aromatic carbocycles. The van der Waals surface area contributed by atoms with Crippen molar-refractivity contribution >= 4 is 5.91 Å². The molecule has 0 aliphatic heterocycles. The molecule has 0 unspecified atom stereocenters. The summed E-state index contributed by atoms with van der Waals surface area (Å²) in [4.78, 5) is 17.3. The van der Waals surface area contributed by atoms with Gasteiger partial charge in [-0.05, 0) is 6.92 Å². The summed E-state index contributed by atoms with van der Waals surface area (Å²) in [6, 6.07) is 0. The standard InChI is InChI=1S/C10H17N5O/c1-4-5-11-6-10(16)15(3)7-9-12-8(2)13-14-9/h4,11H,1,5-7H2,2-3H3,(H,12,13,14). The monoisotopic (exact) mass is 223 g/mol. The van der Waals surface area contributed by atoms with E-state index in [0.29, 0.717) is 25.5 Å². The Bertz CT molecular complexity index is 360.